The third-order valence-corrected chi connectivity index (χ3v) is 8.29. The Morgan fingerprint density at radius 3 is 2.26 bits per heavy atom. The molecule has 0 saturated carbocycles. The second-order valence-corrected chi connectivity index (χ2v) is 9.98. The number of epoxide rings is 4. The van der Waals surface area contributed by atoms with Gasteiger partial charge in [-0.05, 0) is 38.5 Å². The highest BCUT2D eigenvalue weighted by molar-refractivity contribution is 5.73. The fourth-order valence-electron chi connectivity index (χ4n) is 5.69. The Labute approximate surface area is 161 Å². The number of esters is 1. The maximum atomic E-state index is 12.9. The average Bonchev–Trinajstić information content (AvgIpc) is 3.51. The van der Waals surface area contributed by atoms with Crippen LogP contribution in [0.25, 0.3) is 0 Å². The summed E-state index contributed by atoms with van der Waals surface area (Å²) < 4.78 is 30.3. The molecule has 5 heterocycles. The monoisotopic (exact) mass is 380 g/mol. The summed E-state index contributed by atoms with van der Waals surface area (Å²) in [5, 5.41) is 0. The predicted molar refractivity (Wildman–Crippen MR) is 95.6 cm³/mol. The third kappa shape index (κ3) is 2.13. The van der Waals surface area contributed by atoms with E-state index in [0.29, 0.717) is 18.3 Å². The summed E-state index contributed by atoms with van der Waals surface area (Å²) >= 11 is 0. The molecule has 6 heteroatoms. The molecule has 11 atom stereocenters. The number of hydrogen-bond acceptors (Lipinski definition) is 6. The molecule has 2 spiro atoms. The van der Waals surface area contributed by atoms with Gasteiger partial charge in [0.15, 0.2) is 5.60 Å². The Morgan fingerprint density at radius 2 is 1.59 bits per heavy atom. The van der Waals surface area contributed by atoms with Gasteiger partial charge in [-0.2, -0.15) is 0 Å². The zero-order chi connectivity index (χ0) is 19.6. The van der Waals surface area contributed by atoms with Gasteiger partial charge >= 0.3 is 5.97 Å². The molecule has 5 saturated heterocycles. The van der Waals surface area contributed by atoms with Crippen LogP contribution < -0.4 is 0 Å². The van der Waals surface area contributed by atoms with Gasteiger partial charge in [0.2, 0.25) is 11.6 Å². The molecule has 5 fully saturated rings. The second-order valence-electron chi connectivity index (χ2n) is 9.98. The fourth-order valence-corrected chi connectivity index (χ4v) is 5.69. The van der Waals surface area contributed by atoms with E-state index in [1.165, 1.54) is 0 Å². The first-order chi connectivity index (χ1) is 12.6. The first-order valence-corrected chi connectivity index (χ1v) is 10.5. The number of rotatable bonds is 1. The summed E-state index contributed by atoms with van der Waals surface area (Å²) in [5.41, 5.74) is -0.835. The smallest absolute Gasteiger partial charge is 0.309 e. The molecule has 6 nitrogen and oxygen atoms in total. The van der Waals surface area contributed by atoms with E-state index >= 15 is 0 Å². The topological polar surface area (TPSA) is 76.4 Å². The fraction of sp³-hybridized carbons (Fsp3) is 0.952. The van der Waals surface area contributed by atoms with Crippen LogP contribution in [0, 0.1) is 23.7 Å². The highest BCUT2D eigenvalue weighted by Gasteiger charge is 2.88. The van der Waals surface area contributed by atoms with Crippen LogP contribution in [0.4, 0.5) is 0 Å². The summed E-state index contributed by atoms with van der Waals surface area (Å²) in [4.78, 5) is 12.9. The molecule has 0 aromatic heterocycles. The van der Waals surface area contributed by atoms with Gasteiger partial charge < -0.3 is 23.7 Å². The van der Waals surface area contributed by atoms with Crippen LogP contribution in [0.5, 0.6) is 0 Å². The van der Waals surface area contributed by atoms with Gasteiger partial charge in [-0.1, -0.05) is 34.6 Å². The van der Waals surface area contributed by atoms with Crippen molar-refractivity contribution in [3.8, 4) is 0 Å². The molecule has 152 valence electrons. The molecule has 11 unspecified atom stereocenters. The minimum absolute atomic E-state index is 0.0405. The standard InChI is InChI=1S/C21H32O6/c1-8-14-19(7)21(27-19)15(25-21)11(3)10(2)9-18(6)20(26-18)16(24-20)12(4)13(5)17(22)23-14/h10-16H,8-9H2,1-7H3. The molecule has 0 N–H and O–H groups in total. The largest absolute Gasteiger partial charge is 0.459 e. The lowest BCUT2D eigenvalue weighted by Gasteiger charge is -2.25. The van der Waals surface area contributed by atoms with Crippen molar-refractivity contribution >= 4 is 5.97 Å². The quantitative estimate of drug-likeness (QED) is 0.514. The zero-order valence-electron chi connectivity index (χ0n) is 17.4. The van der Waals surface area contributed by atoms with E-state index in [1.807, 2.05) is 20.8 Å². The van der Waals surface area contributed by atoms with Crippen molar-refractivity contribution in [1.29, 1.82) is 0 Å². The number of carbonyl (C=O) groups is 1. The molecule has 0 aromatic rings. The van der Waals surface area contributed by atoms with E-state index in [0.717, 1.165) is 6.42 Å². The van der Waals surface area contributed by atoms with Crippen molar-refractivity contribution in [3.05, 3.63) is 0 Å². The highest BCUT2D eigenvalue weighted by Crippen LogP contribution is 2.70. The molecule has 0 aromatic carbocycles. The van der Waals surface area contributed by atoms with E-state index in [-0.39, 0.29) is 41.7 Å². The maximum Gasteiger partial charge on any atom is 0.309 e. The van der Waals surface area contributed by atoms with E-state index in [4.69, 9.17) is 23.7 Å². The minimum atomic E-state index is -0.581. The number of hydrogen-bond donors (Lipinski definition) is 0. The Kier molecular flexibility index (Phi) is 3.45. The Hall–Kier alpha value is -0.690. The molecule has 0 bridgehead atoms. The van der Waals surface area contributed by atoms with Crippen molar-refractivity contribution in [2.24, 2.45) is 23.7 Å². The Morgan fingerprint density at radius 1 is 0.963 bits per heavy atom. The highest BCUT2D eigenvalue weighted by atomic mass is 16.9. The van der Waals surface area contributed by atoms with Crippen LogP contribution >= 0.6 is 0 Å². The molecule has 0 radical (unpaired) electrons. The zero-order valence-corrected chi connectivity index (χ0v) is 17.4. The van der Waals surface area contributed by atoms with E-state index in [1.54, 1.807) is 0 Å². The SMILES string of the molecule is CCC1OC(=O)C(C)C(C)C2OC23OC3(C)CC(C)C(C)C2OC23OC13C. The first-order valence-electron chi connectivity index (χ1n) is 10.5. The van der Waals surface area contributed by atoms with Crippen LogP contribution in [0.2, 0.25) is 0 Å². The molecular weight excluding hydrogens is 348 g/mol. The third-order valence-electron chi connectivity index (χ3n) is 8.29. The summed E-state index contributed by atoms with van der Waals surface area (Å²) in [6.45, 7) is 14.6. The van der Waals surface area contributed by atoms with Crippen LogP contribution in [0.1, 0.15) is 61.3 Å². The number of carbonyl (C=O) groups excluding carboxylic acids is 1. The molecule has 5 rings (SSSR count). The molecule has 0 aliphatic carbocycles. The van der Waals surface area contributed by atoms with Gasteiger partial charge in [-0.3, -0.25) is 4.79 Å². The second kappa shape index (κ2) is 5.07. The summed E-state index contributed by atoms with van der Waals surface area (Å²) in [7, 11) is 0. The number of ether oxygens (including phenoxy) is 5. The number of cyclic esters (lactones) is 1. The average molecular weight is 380 g/mol. The van der Waals surface area contributed by atoms with Crippen molar-refractivity contribution in [2.75, 3.05) is 0 Å². The Bertz CT molecular complexity index is 696. The lowest BCUT2D eigenvalue weighted by atomic mass is 9.80. The Balaban J connectivity index is 1.44. The van der Waals surface area contributed by atoms with Crippen LogP contribution in [-0.4, -0.2) is 47.1 Å². The normalized spacial score (nSPS) is 64.1. The van der Waals surface area contributed by atoms with Crippen LogP contribution in [0.3, 0.4) is 0 Å². The summed E-state index contributed by atoms with van der Waals surface area (Å²) in [5.74, 6) is -0.752. The summed E-state index contributed by atoms with van der Waals surface area (Å²) in [6, 6.07) is 0. The summed E-state index contributed by atoms with van der Waals surface area (Å²) in [6.07, 6.45) is 1.32. The first kappa shape index (κ1) is 18.3. The van der Waals surface area contributed by atoms with Crippen LogP contribution in [0.15, 0.2) is 0 Å². The van der Waals surface area contributed by atoms with Gasteiger partial charge in [-0.25, -0.2) is 0 Å². The minimum Gasteiger partial charge on any atom is -0.459 e. The van der Waals surface area contributed by atoms with Gasteiger partial charge in [0.05, 0.1) is 5.92 Å². The van der Waals surface area contributed by atoms with Crippen molar-refractivity contribution in [3.63, 3.8) is 0 Å². The van der Waals surface area contributed by atoms with Crippen molar-refractivity contribution < 1.29 is 28.5 Å². The van der Waals surface area contributed by atoms with E-state index < -0.39 is 17.2 Å². The molecule has 0 amide bonds. The van der Waals surface area contributed by atoms with Gasteiger partial charge in [-0.15, -0.1) is 0 Å². The van der Waals surface area contributed by atoms with Crippen molar-refractivity contribution in [2.45, 2.75) is 102 Å². The van der Waals surface area contributed by atoms with E-state index in [2.05, 4.69) is 27.7 Å². The van der Waals surface area contributed by atoms with Gasteiger partial charge in [0, 0.05) is 5.92 Å². The van der Waals surface area contributed by atoms with E-state index in [9.17, 15) is 4.79 Å². The predicted octanol–water partition coefficient (Wildman–Crippen LogP) is 3.02. The van der Waals surface area contributed by atoms with Crippen molar-refractivity contribution in [1.82, 2.24) is 0 Å². The van der Waals surface area contributed by atoms with Crippen LogP contribution in [-0.2, 0) is 28.5 Å². The van der Waals surface area contributed by atoms with Gasteiger partial charge in [0.1, 0.15) is 23.9 Å². The molecule has 27 heavy (non-hydrogen) atoms. The molecule has 5 aliphatic rings. The van der Waals surface area contributed by atoms with Gasteiger partial charge in [0.25, 0.3) is 0 Å². The molecular formula is C21H32O6. The lowest BCUT2D eigenvalue weighted by molar-refractivity contribution is -0.159. The lowest BCUT2D eigenvalue weighted by Crippen LogP contribution is -2.39. The maximum absolute atomic E-state index is 12.9. The molecule has 5 aliphatic heterocycles.